The van der Waals surface area contributed by atoms with Crippen LogP contribution in [0.1, 0.15) is 31.4 Å². The van der Waals surface area contributed by atoms with Gasteiger partial charge >= 0.3 is 6.03 Å². The fourth-order valence-corrected chi connectivity index (χ4v) is 2.80. The molecule has 4 rings (SSSR count). The number of urea groups is 1. The van der Waals surface area contributed by atoms with Crippen LogP contribution in [-0.4, -0.2) is 27.0 Å². The fraction of sp³-hybridized carbons (Fsp3) is 0.263. The predicted molar refractivity (Wildman–Crippen MR) is 105 cm³/mol. The molecule has 1 aliphatic rings. The van der Waals surface area contributed by atoms with Crippen LogP contribution >= 0.6 is 0 Å². The van der Waals surface area contributed by atoms with Crippen LogP contribution in [0.5, 0.6) is 0 Å². The van der Waals surface area contributed by atoms with Gasteiger partial charge in [-0.25, -0.2) is 19.7 Å². The Labute approximate surface area is 156 Å². The first kappa shape index (κ1) is 17.0. The second-order valence-electron chi connectivity index (χ2n) is 6.69. The van der Waals surface area contributed by atoms with E-state index in [9.17, 15) is 4.79 Å². The summed E-state index contributed by atoms with van der Waals surface area (Å²) in [5.41, 5.74) is 8.10. The minimum atomic E-state index is -0.157. The van der Waals surface area contributed by atoms with Gasteiger partial charge in [-0.05, 0) is 49.6 Å². The van der Waals surface area contributed by atoms with E-state index in [1.807, 2.05) is 37.3 Å². The summed E-state index contributed by atoms with van der Waals surface area (Å²) < 4.78 is 0. The number of fused-ring (bicyclic) bond motifs is 1. The van der Waals surface area contributed by atoms with Crippen molar-refractivity contribution in [3.63, 3.8) is 0 Å². The monoisotopic (exact) mass is 363 g/mol. The Bertz CT molecular complexity index is 969. The van der Waals surface area contributed by atoms with Gasteiger partial charge in [-0.1, -0.05) is 12.1 Å². The number of nitrogens with two attached hydrogens (primary N) is 1. The van der Waals surface area contributed by atoms with E-state index in [2.05, 4.69) is 30.9 Å². The first-order valence-corrected chi connectivity index (χ1v) is 8.90. The van der Waals surface area contributed by atoms with Gasteiger partial charge in [0, 0.05) is 17.8 Å². The van der Waals surface area contributed by atoms with Crippen LogP contribution in [-0.2, 0) is 0 Å². The molecule has 2 heterocycles. The largest absolute Gasteiger partial charge is 0.384 e. The Hall–Kier alpha value is -3.42. The normalized spacial score (nSPS) is 14.6. The number of nitrogen functional groups attached to an aromatic ring is 1. The van der Waals surface area contributed by atoms with Gasteiger partial charge in [-0.2, -0.15) is 0 Å². The standard InChI is InChI=1S/C19H21N7O/c1-11(23-17-15-8-9-16(20)26-18(15)22-10-21-17)12-2-4-13(5-3-12)24-19(27)25-14-6-7-14/h2-5,8-11,14H,6-7H2,1H3,(H2,24,25,27)(H3,20,21,22,23,26). The first-order chi connectivity index (χ1) is 13.1. The van der Waals surface area contributed by atoms with Gasteiger partial charge < -0.3 is 21.7 Å². The highest BCUT2D eigenvalue weighted by atomic mass is 16.2. The third-order valence-electron chi connectivity index (χ3n) is 4.45. The van der Waals surface area contributed by atoms with E-state index in [-0.39, 0.29) is 12.1 Å². The van der Waals surface area contributed by atoms with Crippen LogP contribution in [0.3, 0.4) is 0 Å². The Morgan fingerprint density at radius 2 is 1.93 bits per heavy atom. The number of pyridine rings is 1. The molecule has 138 valence electrons. The van der Waals surface area contributed by atoms with Crippen molar-refractivity contribution in [3.8, 4) is 0 Å². The number of amides is 2. The molecule has 1 aromatic carbocycles. The van der Waals surface area contributed by atoms with Crippen molar-refractivity contribution in [2.24, 2.45) is 0 Å². The molecule has 8 nitrogen and oxygen atoms in total. The smallest absolute Gasteiger partial charge is 0.319 e. The van der Waals surface area contributed by atoms with E-state index in [0.717, 1.165) is 29.5 Å². The van der Waals surface area contributed by atoms with E-state index in [1.165, 1.54) is 6.33 Å². The van der Waals surface area contributed by atoms with E-state index in [1.54, 1.807) is 6.07 Å². The number of hydrogen-bond donors (Lipinski definition) is 4. The van der Waals surface area contributed by atoms with Gasteiger partial charge in [0.1, 0.15) is 18.0 Å². The lowest BCUT2D eigenvalue weighted by atomic mass is 10.1. The summed E-state index contributed by atoms with van der Waals surface area (Å²) in [7, 11) is 0. The molecule has 0 spiro atoms. The highest BCUT2D eigenvalue weighted by Gasteiger charge is 2.23. The average Bonchev–Trinajstić information content (AvgIpc) is 3.46. The molecule has 0 radical (unpaired) electrons. The molecule has 0 bridgehead atoms. The maximum atomic E-state index is 11.8. The molecule has 2 amide bonds. The molecule has 27 heavy (non-hydrogen) atoms. The molecule has 8 heteroatoms. The number of anilines is 3. The number of rotatable bonds is 5. The van der Waals surface area contributed by atoms with E-state index in [4.69, 9.17) is 5.73 Å². The third kappa shape index (κ3) is 4.05. The number of nitrogens with zero attached hydrogens (tertiary/aromatic N) is 3. The minimum Gasteiger partial charge on any atom is -0.384 e. The zero-order valence-corrected chi connectivity index (χ0v) is 14.9. The number of carbonyl (C=O) groups is 1. The summed E-state index contributed by atoms with van der Waals surface area (Å²) in [6.07, 6.45) is 3.60. The summed E-state index contributed by atoms with van der Waals surface area (Å²) >= 11 is 0. The van der Waals surface area contributed by atoms with Crippen LogP contribution in [0.4, 0.5) is 22.1 Å². The number of carbonyl (C=O) groups excluding carboxylic acids is 1. The Balaban J connectivity index is 1.45. The Kier molecular flexibility index (Phi) is 4.45. The maximum Gasteiger partial charge on any atom is 0.319 e. The van der Waals surface area contributed by atoms with Crippen LogP contribution in [0.2, 0.25) is 0 Å². The lowest BCUT2D eigenvalue weighted by molar-refractivity contribution is 0.251. The zero-order valence-electron chi connectivity index (χ0n) is 14.9. The van der Waals surface area contributed by atoms with Gasteiger partial charge in [0.05, 0.1) is 5.39 Å². The lowest BCUT2D eigenvalue weighted by Gasteiger charge is -2.16. The molecule has 1 aliphatic carbocycles. The lowest BCUT2D eigenvalue weighted by Crippen LogP contribution is -2.30. The van der Waals surface area contributed by atoms with Crippen molar-refractivity contribution in [3.05, 3.63) is 48.3 Å². The molecule has 1 unspecified atom stereocenters. The number of nitrogens with one attached hydrogen (secondary N) is 3. The van der Waals surface area contributed by atoms with Crippen LogP contribution in [0.25, 0.3) is 11.0 Å². The van der Waals surface area contributed by atoms with E-state index < -0.39 is 0 Å². The highest BCUT2D eigenvalue weighted by Crippen LogP contribution is 2.25. The molecular formula is C19H21N7O. The van der Waals surface area contributed by atoms with Gasteiger partial charge in [-0.15, -0.1) is 0 Å². The SMILES string of the molecule is CC(Nc1ncnc2nc(N)ccc12)c1ccc(NC(=O)NC2CC2)cc1. The number of hydrogen-bond acceptors (Lipinski definition) is 6. The second kappa shape index (κ2) is 7.06. The second-order valence-corrected chi connectivity index (χ2v) is 6.69. The van der Waals surface area contributed by atoms with Crippen molar-refractivity contribution in [2.45, 2.75) is 31.8 Å². The highest BCUT2D eigenvalue weighted by molar-refractivity contribution is 5.89. The van der Waals surface area contributed by atoms with Crippen molar-refractivity contribution >= 4 is 34.4 Å². The molecule has 1 fully saturated rings. The van der Waals surface area contributed by atoms with Crippen molar-refractivity contribution in [1.29, 1.82) is 0 Å². The summed E-state index contributed by atoms with van der Waals surface area (Å²) in [6.45, 7) is 2.04. The maximum absolute atomic E-state index is 11.8. The van der Waals surface area contributed by atoms with Crippen LogP contribution in [0.15, 0.2) is 42.7 Å². The molecule has 1 atom stereocenters. The summed E-state index contributed by atoms with van der Waals surface area (Å²) in [5, 5.41) is 9.95. The first-order valence-electron chi connectivity index (χ1n) is 8.90. The van der Waals surface area contributed by atoms with Gasteiger partial charge in [-0.3, -0.25) is 0 Å². The minimum absolute atomic E-state index is 0.00925. The van der Waals surface area contributed by atoms with E-state index in [0.29, 0.717) is 23.3 Å². The number of aromatic nitrogens is 3. The summed E-state index contributed by atoms with van der Waals surface area (Å²) in [6, 6.07) is 11.5. The van der Waals surface area contributed by atoms with E-state index >= 15 is 0 Å². The molecule has 2 aromatic heterocycles. The fourth-order valence-electron chi connectivity index (χ4n) is 2.80. The zero-order chi connectivity index (χ0) is 18.8. The predicted octanol–water partition coefficient (Wildman–Crippen LogP) is 3.06. The van der Waals surface area contributed by atoms with Gasteiger partial charge in [0.2, 0.25) is 0 Å². The van der Waals surface area contributed by atoms with Crippen LogP contribution < -0.4 is 21.7 Å². The summed E-state index contributed by atoms with van der Waals surface area (Å²) in [4.78, 5) is 24.5. The van der Waals surface area contributed by atoms with Gasteiger partial charge in [0.25, 0.3) is 0 Å². The van der Waals surface area contributed by atoms with Crippen molar-refractivity contribution in [2.75, 3.05) is 16.4 Å². The molecule has 1 saturated carbocycles. The molecule has 0 aliphatic heterocycles. The average molecular weight is 363 g/mol. The number of benzene rings is 1. The van der Waals surface area contributed by atoms with Gasteiger partial charge in [0.15, 0.2) is 5.65 Å². The molecular weight excluding hydrogens is 342 g/mol. The molecule has 3 aromatic rings. The molecule has 5 N–H and O–H groups in total. The topological polar surface area (TPSA) is 118 Å². The Morgan fingerprint density at radius 3 is 2.67 bits per heavy atom. The van der Waals surface area contributed by atoms with Crippen LogP contribution in [0, 0.1) is 0 Å². The quantitative estimate of drug-likeness (QED) is 0.553. The van der Waals surface area contributed by atoms with Crippen molar-refractivity contribution < 1.29 is 4.79 Å². The Morgan fingerprint density at radius 1 is 1.15 bits per heavy atom. The third-order valence-corrected chi connectivity index (χ3v) is 4.45. The van der Waals surface area contributed by atoms with Crippen molar-refractivity contribution in [1.82, 2.24) is 20.3 Å². The molecule has 0 saturated heterocycles. The summed E-state index contributed by atoms with van der Waals surface area (Å²) in [5.74, 6) is 1.13.